The molecule has 1 aromatic carbocycles. The summed E-state index contributed by atoms with van der Waals surface area (Å²) in [6.45, 7) is 2.61. The molecular weight excluding hydrogens is 336 g/mol. The fourth-order valence-corrected chi connectivity index (χ4v) is 3.76. The van der Waals surface area contributed by atoms with E-state index in [1.54, 1.807) is 12.1 Å². The summed E-state index contributed by atoms with van der Waals surface area (Å²) in [5.41, 5.74) is 1.62. The van der Waals surface area contributed by atoms with Crippen molar-refractivity contribution in [1.29, 1.82) is 0 Å². The van der Waals surface area contributed by atoms with Gasteiger partial charge < -0.3 is 5.32 Å². The maximum Gasteiger partial charge on any atom is 0.262 e. The van der Waals surface area contributed by atoms with Crippen molar-refractivity contribution in [3.8, 4) is 0 Å². The predicted octanol–water partition coefficient (Wildman–Crippen LogP) is -0.509. The summed E-state index contributed by atoms with van der Waals surface area (Å²) in [6.07, 6.45) is 0.291. The second kappa shape index (κ2) is 6.30. The van der Waals surface area contributed by atoms with Gasteiger partial charge in [0.05, 0.1) is 11.1 Å². The standard InChI is InChI=1S/C18H20N4O4/c1-19-11-8-21(9-11)7-10-2-3-12-13(6-10)18(26)22(17(12)25)14-4-5-15(23)20-16(14)24/h2-3,6,11,14,19H,4-5,7-9H2,1H3,(H,20,23,24). The Hall–Kier alpha value is -2.58. The first-order valence-electron chi connectivity index (χ1n) is 8.72. The first-order chi connectivity index (χ1) is 12.5. The summed E-state index contributed by atoms with van der Waals surface area (Å²) >= 11 is 0. The molecule has 1 unspecified atom stereocenters. The monoisotopic (exact) mass is 356 g/mol. The molecule has 0 radical (unpaired) electrons. The Morgan fingerprint density at radius 3 is 2.54 bits per heavy atom. The number of imide groups is 2. The number of benzene rings is 1. The van der Waals surface area contributed by atoms with Gasteiger partial charge in [0.15, 0.2) is 0 Å². The molecule has 1 atom stereocenters. The van der Waals surface area contributed by atoms with Crippen molar-refractivity contribution in [2.24, 2.45) is 0 Å². The van der Waals surface area contributed by atoms with Gasteiger partial charge >= 0.3 is 0 Å². The number of likely N-dealkylation sites (N-methyl/N-ethyl adjacent to an activating group) is 1. The maximum absolute atomic E-state index is 12.8. The molecule has 2 fully saturated rings. The fourth-order valence-electron chi connectivity index (χ4n) is 3.76. The van der Waals surface area contributed by atoms with Crippen molar-refractivity contribution in [2.75, 3.05) is 20.1 Å². The minimum absolute atomic E-state index is 0.122. The van der Waals surface area contributed by atoms with Crippen LogP contribution in [0.4, 0.5) is 0 Å². The van der Waals surface area contributed by atoms with E-state index in [0.29, 0.717) is 23.7 Å². The molecule has 3 heterocycles. The van der Waals surface area contributed by atoms with E-state index in [1.807, 2.05) is 13.1 Å². The van der Waals surface area contributed by atoms with Crippen LogP contribution in [0, 0.1) is 0 Å². The van der Waals surface area contributed by atoms with Crippen LogP contribution in [0.15, 0.2) is 18.2 Å². The molecule has 0 aliphatic carbocycles. The van der Waals surface area contributed by atoms with Crippen LogP contribution in [0.2, 0.25) is 0 Å². The summed E-state index contributed by atoms with van der Waals surface area (Å²) in [5.74, 6) is -1.89. The van der Waals surface area contributed by atoms with Crippen molar-refractivity contribution in [1.82, 2.24) is 20.4 Å². The summed E-state index contributed by atoms with van der Waals surface area (Å²) in [4.78, 5) is 52.0. The minimum atomic E-state index is -0.921. The van der Waals surface area contributed by atoms with Gasteiger partial charge in [-0.2, -0.15) is 0 Å². The molecule has 8 nitrogen and oxygen atoms in total. The van der Waals surface area contributed by atoms with Crippen molar-refractivity contribution in [2.45, 2.75) is 31.5 Å². The van der Waals surface area contributed by atoms with Crippen LogP contribution in [-0.2, 0) is 16.1 Å². The molecule has 136 valence electrons. The highest BCUT2D eigenvalue weighted by Gasteiger charge is 2.44. The van der Waals surface area contributed by atoms with E-state index in [2.05, 4.69) is 15.5 Å². The molecule has 0 saturated carbocycles. The fraction of sp³-hybridized carbons (Fsp3) is 0.444. The van der Waals surface area contributed by atoms with Crippen LogP contribution in [-0.4, -0.2) is 65.6 Å². The summed E-state index contributed by atoms with van der Waals surface area (Å²) in [5, 5.41) is 5.41. The first-order valence-corrected chi connectivity index (χ1v) is 8.72. The number of hydrogen-bond donors (Lipinski definition) is 2. The van der Waals surface area contributed by atoms with Gasteiger partial charge in [0.1, 0.15) is 6.04 Å². The van der Waals surface area contributed by atoms with E-state index in [-0.39, 0.29) is 18.7 Å². The first kappa shape index (κ1) is 16.9. The van der Waals surface area contributed by atoms with E-state index in [4.69, 9.17) is 0 Å². The van der Waals surface area contributed by atoms with Gasteiger partial charge in [-0.3, -0.25) is 34.3 Å². The largest absolute Gasteiger partial charge is 0.315 e. The Kier molecular flexibility index (Phi) is 4.08. The summed E-state index contributed by atoms with van der Waals surface area (Å²) in [6, 6.07) is 4.83. The zero-order valence-electron chi connectivity index (χ0n) is 14.4. The smallest absolute Gasteiger partial charge is 0.262 e. The normalized spacial score (nSPS) is 23.9. The van der Waals surface area contributed by atoms with Gasteiger partial charge in [0.2, 0.25) is 11.8 Å². The number of rotatable bonds is 4. The molecule has 0 bridgehead atoms. The van der Waals surface area contributed by atoms with Crippen molar-refractivity contribution in [3.63, 3.8) is 0 Å². The van der Waals surface area contributed by atoms with Crippen LogP contribution in [0.3, 0.4) is 0 Å². The molecular formula is C18H20N4O4. The highest BCUT2D eigenvalue weighted by atomic mass is 16.2. The third-order valence-electron chi connectivity index (χ3n) is 5.28. The van der Waals surface area contributed by atoms with E-state index in [1.165, 1.54) is 0 Å². The van der Waals surface area contributed by atoms with Gasteiger partial charge in [-0.1, -0.05) is 6.07 Å². The lowest BCUT2D eigenvalue weighted by molar-refractivity contribution is -0.136. The van der Waals surface area contributed by atoms with E-state index in [9.17, 15) is 19.2 Å². The molecule has 1 aromatic rings. The molecule has 3 aliphatic rings. The van der Waals surface area contributed by atoms with Crippen molar-refractivity contribution < 1.29 is 19.2 Å². The molecule has 4 amide bonds. The van der Waals surface area contributed by atoms with E-state index >= 15 is 0 Å². The van der Waals surface area contributed by atoms with E-state index < -0.39 is 23.8 Å². The maximum atomic E-state index is 12.8. The lowest BCUT2D eigenvalue weighted by atomic mass is 10.0. The van der Waals surface area contributed by atoms with Crippen molar-refractivity contribution in [3.05, 3.63) is 34.9 Å². The zero-order valence-corrected chi connectivity index (χ0v) is 14.4. The van der Waals surface area contributed by atoms with Crippen LogP contribution < -0.4 is 10.6 Å². The number of carbonyl (C=O) groups is 4. The Labute approximate surface area is 150 Å². The highest BCUT2D eigenvalue weighted by molar-refractivity contribution is 6.23. The third-order valence-corrected chi connectivity index (χ3v) is 5.28. The van der Waals surface area contributed by atoms with Crippen LogP contribution >= 0.6 is 0 Å². The molecule has 0 spiro atoms. The van der Waals surface area contributed by atoms with E-state index in [0.717, 1.165) is 23.6 Å². The molecule has 26 heavy (non-hydrogen) atoms. The number of likely N-dealkylation sites (tertiary alicyclic amines) is 1. The number of piperidine rings is 1. The molecule has 2 N–H and O–H groups in total. The average molecular weight is 356 g/mol. The Morgan fingerprint density at radius 2 is 1.85 bits per heavy atom. The second-order valence-electron chi connectivity index (χ2n) is 7.01. The third kappa shape index (κ3) is 2.71. The Balaban J connectivity index is 1.53. The van der Waals surface area contributed by atoms with Gasteiger partial charge in [-0.05, 0) is 31.2 Å². The number of nitrogens with one attached hydrogen (secondary N) is 2. The van der Waals surface area contributed by atoms with Gasteiger partial charge in [-0.25, -0.2) is 0 Å². The number of hydrogen-bond acceptors (Lipinski definition) is 6. The molecule has 2 saturated heterocycles. The Morgan fingerprint density at radius 1 is 1.12 bits per heavy atom. The zero-order chi connectivity index (χ0) is 18.4. The molecule has 4 rings (SSSR count). The summed E-state index contributed by atoms with van der Waals surface area (Å²) < 4.78 is 0. The quantitative estimate of drug-likeness (QED) is 0.705. The highest BCUT2D eigenvalue weighted by Crippen LogP contribution is 2.29. The number of nitrogens with zero attached hydrogens (tertiary/aromatic N) is 2. The lowest BCUT2D eigenvalue weighted by Crippen LogP contribution is -2.56. The summed E-state index contributed by atoms with van der Waals surface area (Å²) in [7, 11) is 1.94. The van der Waals surface area contributed by atoms with Crippen LogP contribution in [0.25, 0.3) is 0 Å². The van der Waals surface area contributed by atoms with Gasteiger partial charge in [-0.15, -0.1) is 0 Å². The number of carbonyl (C=O) groups excluding carboxylic acids is 4. The second-order valence-corrected chi connectivity index (χ2v) is 7.01. The van der Waals surface area contributed by atoms with Crippen LogP contribution in [0.5, 0.6) is 0 Å². The SMILES string of the molecule is CNC1CN(Cc2ccc3c(c2)C(=O)N(C2CCC(=O)NC2=O)C3=O)C1. The Bertz CT molecular complexity index is 815. The predicted molar refractivity (Wildman–Crippen MR) is 91.2 cm³/mol. The molecule has 3 aliphatic heterocycles. The molecule has 0 aromatic heterocycles. The molecule has 8 heteroatoms. The number of amides is 4. The number of fused-ring (bicyclic) bond motifs is 1. The minimum Gasteiger partial charge on any atom is -0.315 e. The van der Waals surface area contributed by atoms with Crippen molar-refractivity contribution >= 4 is 23.6 Å². The average Bonchev–Trinajstić information content (AvgIpc) is 2.82. The topological polar surface area (TPSA) is 98.8 Å². The van der Waals surface area contributed by atoms with Crippen LogP contribution in [0.1, 0.15) is 39.1 Å². The van der Waals surface area contributed by atoms with Gasteiger partial charge in [0, 0.05) is 32.1 Å². The van der Waals surface area contributed by atoms with Gasteiger partial charge in [0.25, 0.3) is 11.8 Å². The lowest BCUT2D eigenvalue weighted by Gasteiger charge is -2.39.